The van der Waals surface area contributed by atoms with Gasteiger partial charge in [0, 0.05) is 12.1 Å². The predicted octanol–water partition coefficient (Wildman–Crippen LogP) is 1.88. The van der Waals surface area contributed by atoms with Crippen LogP contribution in [0, 0.1) is 0 Å². The fourth-order valence-corrected chi connectivity index (χ4v) is 1.04. The monoisotopic (exact) mass is 228 g/mol. The second-order valence-corrected chi connectivity index (χ2v) is 4.67. The summed E-state index contributed by atoms with van der Waals surface area (Å²) in [5.74, 6) is 0.706. The molecule has 1 aromatic heterocycles. The van der Waals surface area contributed by atoms with Gasteiger partial charge in [-0.3, -0.25) is 4.98 Å². The lowest BCUT2D eigenvalue weighted by atomic mass is 10.0. The first-order valence-electron chi connectivity index (χ1n) is 4.81. The lowest BCUT2D eigenvalue weighted by Gasteiger charge is -2.32. The van der Waals surface area contributed by atoms with E-state index in [4.69, 9.17) is 11.6 Å². The molecular formula is C10H17ClN4. The topological polar surface area (TPSA) is 41.0 Å². The highest BCUT2D eigenvalue weighted by atomic mass is 35.5. The summed E-state index contributed by atoms with van der Waals surface area (Å²) in [6, 6.07) is 0. The van der Waals surface area contributed by atoms with Crippen molar-refractivity contribution >= 4 is 17.4 Å². The molecule has 1 heterocycles. The van der Waals surface area contributed by atoms with Gasteiger partial charge in [-0.1, -0.05) is 11.6 Å². The van der Waals surface area contributed by atoms with Crippen LogP contribution in [-0.2, 0) is 0 Å². The van der Waals surface area contributed by atoms with Crippen LogP contribution in [0.3, 0.4) is 0 Å². The lowest BCUT2D eigenvalue weighted by molar-refractivity contribution is 0.210. The molecule has 0 radical (unpaired) electrons. The summed E-state index contributed by atoms with van der Waals surface area (Å²) in [6.07, 6.45) is 3.18. The van der Waals surface area contributed by atoms with Gasteiger partial charge in [0.05, 0.1) is 12.4 Å². The van der Waals surface area contributed by atoms with Crippen LogP contribution in [0.25, 0.3) is 0 Å². The average molecular weight is 229 g/mol. The zero-order chi connectivity index (χ0) is 11.5. The third-order valence-corrected chi connectivity index (χ3v) is 2.70. The summed E-state index contributed by atoms with van der Waals surface area (Å²) in [5, 5.41) is 3.61. The highest BCUT2D eigenvalue weighted by Crippen LogP contribution is 2.12. The maximum Gasteiger partial charge on any atom is 0.149 e. The second kappa shape index (κ2) is 4.77. The first kappa shape index (κ1) is 12.2. The van der Waals surface area contributed by atoms with Crippen molar-refractivity contribution in [3.05, 3.63) is 17.5 Å². The van der Waals surface area contributed by atoms with E-state index in [-0.39, 0.29) is 5.54 Å². The molecule has 0 bridgehead atoms. The van der Waals surface area contributed by atoms with Crippen molar-refractivity contribution in [2.45, 2.75) is 19.4 Å². The Hall–Kier alpha value is -0.870. The molecule has 1 N–H and O–H groups in total. The summed E-state index contributed by atoms with van der Waals surface area (Å²) in [5.41, 5.74) is 0.0595. The third kappa shape index (κ3) is 3.64. The van der Waals surface area contributed by atoms with Gasteiger partial charge in [-0.15, -0.1) is 0 Å². The van der Waals surface area contributed by atoms with E-state index >= 15 is 0 Å². The van der Waals surface area contributed by atoms with Crippen molar-refractivity contribution in [1.82, 2.24) is 14.9 Å². The number of hydrogen-bond donors (Lipinski definition) is 1. The summed E-state index contributed by atoms with van der Waals surface area (Å²) in [7, 11) is 4.09. The molecule has 5 heteroatoms. The van der Waals surface area contributed by atoms with Gasteiger partial charge in [0.2, 0.25) is 0 Å². The highest BCUT2D eigenvalue weighted by molar-refractivity contribution is 6.29. The minimum atomic E-state index is 0.0595. The van der Waals surface area contributed by atoms with Gasteiger partial charge in [-0.05, 0) is 27.9 Å². The van der Waals surface area contributed by atoms with E-state index in [2.05, 4.69) is 34.0 Å². The fourth-order valence-electron chi connectivity index (χ4n) is 0.892. The molecule has 1 rings (SSSR count). The molecule has 0 aliphatic rings. The molecule has 0 fully saturated rings. The van der Waals surface area contributed by atoms with Gasteiger partial charge >= 0.3 is 0 Å². The molecule has 1 aromatic rings. The first-order valence-corrected chi connectivity index (χ1v) is 5.18. The van der Waals surface area contributed by atoms with Crippen LogP contribution in [0.15, 0.2) is 12.4 Å². The molecule has 0 aliphatic carbocycles. The normalized spacial score (nSPS) is 11.9. The van der Waals surface area contributed by atoms with Crippen molar-refractivity contribution in [2.75, 3.05) is 26.0 Å². The number of rotatable bonds is 4. The van der Waals surface area contributed by atoms with Crippen molar-refractivity contribution < 1.29 is 0 Å². The van der Waals surface area contributed by atoms with Crippen LogP contribution in [0.4, 0.5) is 5.82 Å². The summed E-state index contributed by atoms with van der Waals surface area (Å²) in [6.45, 7) is 5.09. The Morgan fingerprint density at radius 1 is 1.40 bits per heavy atom. The molecule has 0 amide bonds. The predicted molar refractivity (Wildman–Crippen MR) is 63.3 cm³/mol. The van der Waals surface area contributed by atoms with E-state index < -0.39 is 0 Å². The SMILES string of the molecule is CN(C)C(C)(C)CNc1cncc(Cl)n1. The van der Waals surface area contributed by atoms with Crippen LogP contribution in [0.2, 0.25) is 5.15 Å². The Balaban J connectivity index is 2.57. The second-order valence-electron chi connectivity index (χ2n) is 4.29. The van der Waals surface area contributed by atoms with Crippen LogP contribution in [0.1, 0.15) is 13.8 Å². The molecule has 0 saturated heterocycles. The number of aromatic nitrogens is 2. The third-order valence-electron chi connectivity index (χ3n) is 2.52. The number of hydrogen-bond acceptors (Lipinski definition) is 4. The average Bonchev–Trinajstić information content (AvgIpc) is 2.15. The van der Waals surface area contributed by atoms with Crippen LogP contribution in [-0.4, -0.2) is 41.0 Å². The van der Waals surface area contributed by atoms with Crippen molar-refractivity contribution in [3.63, 3.8) is 0 Å². The van der Waals surface area contributed by atoms with E-state index in [0.717, 1.165) is 6.54 Å². The first-order chi connectivity index (χ1) is 6.92. The van der Waals surface area contributed by atoms with Gasteiger partial charge in [-0.25, -0.2) is 4.98 Å². The highest BCUT2D eigenvalue weighted by Gasteiger charge is 2.19. The van der Waals surface area contributed by atoms with Gasteiger partial charge in [0.15, 0.2) is 0 Å². The number of anilines is 1. The van der Waals surface area contributed by atoms with Gasteiger partial charge in [0.25, 0.3) is 0 Å². The van der Waals surface area contributed by atoms with E-state index in [0.29, 0.717) is 11.0 Å². The Morgan fingerprint density at radius 2 is 2.07 bits per heavy atom. The zero-order valence-electron chi connectivity index (χ0n) is 9.58. The minimum absolute atomic E-state index is 0.0595. The molecule has 0 unspecified atom stereocenters. The molecule has 0 saturated carbocycles. The Bertz CT molecular complexity index is 325. The quantitative estimate of drug-likeness (QED) is 0.855. The molecule has 0 aromatic carbocycles. The summed E-state index contributed by atoms with van der Waals surface area (Å²) in [4.78, 5) is 10.2. The maximum atomic E-state index is 5.73. The van der Waals surface area contributed by atoms with Crippen molar-refractivity contribution in [3.8, 4) is 0 Å². The summed E-state index contributed by atoms with van der Waals surface area (Å²) < 4.78 is 0. The zero-order valence-corrected chi connectivity index (χ0v) is 10.3. The van der Waals surface area contributed by atoms with E-state index in [9.17, 15) is 0 Å². The summed E-state index contributed by atoms with van der Waals surface area (Å²) >= 11 is 5.73. The molecule has 15 heavy (non-hydrogen) atoms. The van der Waals surface area contributed by atoms with Crippen molar-refractivity contribution in [2.24, 2.45) is 0 Å². The van der Waals surface area contributed by atoms with Crippen LogP contribution < -0.4 is 5.32 Å². The Morgan fingerprint density at radius 3 is 2.60 bits per heavy atom. The Kier molecular flexibility index (Phi) is 3.88. The van der Waals surface area contributed by atoms with Gasteiger partial charge in [0.1, 0.15) is 11.0 Å². The number of nitrogens with one attached hydrogen (secondary N) is 1. The minimum Gasteiger partial charge on any atom is -0.367 e. The molecular weight excluding hydrogens is 212 g/mol. The lowest BCUT2D eigenvalue weighted by Crippen LogP contribution is -2.44. The smallest absolute Gasteiger partial charge is 0.149 e. The fraction of sp³-hybridized carbons (Fsp3) is 0.600. The number of halogens is 1. The standard InChI is InChI=1S/C10H17ClN4/c1-10(2,15(3)4)7-13-9-6-12-5-8(11)14-9/h5-6H,7H2,1-4H3,(H,13,14). The molecule has 0 spiro atoms. The van der Waals surface area contributed by atoms with Crippen LogP contribution >= 0.6 is 11.6 Å². The molecule has 84 valence electrons. The van der Waals surface area contributed by atoms with Gasteiger partial charge < -0.3 is 10.2 Å². The van der Waals surface area contributed by atoms with Gasteiger partial charge in [-0.2, -0.15) is 0 Å². The van der Waals surface area contributed by atoms with Crippen LogP contribution in [0.5, 0.6) is 0 Å². The van der Waals surface area contributed by atoms with Crippen molar-refractivity contribution in [1.29, 1.82) is 0 Å². The van der Waals surface area contributed by atoms with E-state index in [1.165, 1.54) is 6.20 Å². The maximum absolute atomic E-state index is 5.73. The largest absolute Gasteiger partial charge is 0.367 e. The van der Waals surface area contributed by atoms with E-state index in [1.807, 2.05) is 14.1 Å². The molecule has 0 atom stereocenters. The number of nitrogens with zero attached hydrogens (tertiary/aromatic N) is 3. The number of likely N-dealkylation sites (N-methyl/N-ethyl adjacent to an activating group) is 1. The Labute approximate surface area is 95.7 Å². The van der Waals surface area contributed by atoms with E-state index in [1.54, 1.807) is 6.20 Å². The molecule has 0 aliphatic heterocycles. The molecule has 4 nitrogen and oxygen atoms in total.